The van der Waals surface area contributed by atoms with Crippen molar-refractivity contribution in [2.45, 2.75) is 38.8 Å². The Morgan fingerprint density at radius 1 is 1.18 bits per heavy atom. The molecule has 1 aromatic carbocycles. The number of nitrogens with zero attached hydrogens (tertiary/aromatic N) is 1. The lowest BCUT2D eigenvalue weighted by atomic mass is 9.95. The number of rotatable bonds is 2. The first kappa shape index (κ1) is 12.6. The minimum atomic E-state index is 0.295. The second-order valence-corrected chi connectivity index (χ2v) is 5.57. The van der Waals surface area contributed by atoms with E-state index in [0.717, 1.165) is 19.6 Å². The highest BCUT2D eigenvalue weighted by molar-refractivity contribution is 5.15. The SMILES string of the molecule is CC1(C)CCNCCCN1Cc1ccccc1. The Kier molecular flexibility index (Phi) is 4.19. The second-order valence-electron chi connectivity index (χ2n) is 5.57. The topological polar surface area (TPSA) is 15.3 Å². The zero-order chi connectivity index (χ0) is 12.1. The van der Waals surface area contributed by atoms with Gasteiger partial charge < -0.3 is 5.32 Å². The average molecular weight is 232 g/mol. The molecule has 1 saturated heterocycles. The van der Waals surface area contributed by atoms with Gasteiger partial charge in [-0.3, -0.25) is 4.90 Å². The van der Waals surface area contributed by atoms with Gasteiger partial charge in [0.1, 0.15) is 0 Å². The summed E-state index contributed by atoms with van der Waals surface area (Å²) in [5.41, 5.74) is 1.72. The predicted octanol–water partition coefficient (Wildman–Crippen LogP) is 2.65. The molecular weight excluding hydrogens is 208 g/mol. The highest BCUT2D eigenvalue weighted by Gasteiger charge is 2.26. The van der Waals surface area contributed by atoms with Crippen molar-refractivity contribution in [2.24, 2.45) is 0 Å². The molecule has 0 bridgehead atoms. The van der Waals surface area contributed by atoms with Gasteiger partial charge in [0.25, 0.3) is 0 Å². The minimum absolute atomic E-state index is 0.295. The van der Waals surface area contributed by atoms with E-state index in [0.29, 0.717) is 5.54 Å². The zero-order valence-electron chi connectivity index (χ0n) is 11.1. The number of nitrogens with one attached hydrogen (secondary N) is 1. The summed E-state index contributed by atoms with van der Waals surface area (Å²) in [6.07, 6.45) is 2.47. The lowest BCUT2D eigenvalue weighted by molar-refractivity contribution is 0.0925. The highest BCUT2D eigenvalue weighted by Crippen LogP contribution is 2.22. The molecular formula is C15H24N2. The maximum Gasteiger partial charge on any atom is 0.0239 e. The summed E-state index contributed by atoms with van der Waals surface area (Å²) in [5, 5.41) is 3.50. The van der Waals surface area contributed by atoms with Crippen molar-refractivity contribution in [3.63, 3.8) is 0 Å². The van der Waals surface area contributed by atoms with Crippen molar-refractivity contribution in [2.75, 3.05) is 19.6 Å². The monoisotopic (exact) mass is 232 g/mol. The van der Waals surface area contributed by atoms with Gasteiger partial charge in [0.15, 0.2) is 0 Å². The Labute approximate surface area is 105 Å². The van der Waals surface area contributed by atoms with Crippen molar-refractivity contribution in [3.05, 3.63) is 35.9 Å². The van der Waals surface area contributed by atoms with E-state index in [1.165, 1.54) is 24.9 Å². The van der Waals surface area contributed by atoms with Crippen LogP contribution in [0.4, 0.5) is 0 Å². The molecule has 0 atom stereocenters. The van der Waals surface area contributed by atoms with E-state index in [1.807, 2.05) is 0 Å². The van der Waals surface area contributed by atoms with E-state index in [4.69, 9.17) is 0 Å². The van der Waals surface area contributed by atoms with Crippen LogP contribution in [0, 0.1) is 0 Å². The molecule has 1 aliphatic heterocycles. The molecule has 1 aliphatic rings. The van der Waals surface area contributed by atoms with Crippen molar-refractivity contribution < 1.29 is 0 Å². The molecule has 2 heteroatoms. The number of benzene rings is 1. The first-order chi connectivity index (χ1) is 8.18. The maximum absolute atomic E-state index is 3.50. The van der Waals surface area contributed by atoms with Gasteiger partial charge in [-0.2, -0.15) is 0 Å². The molecule has 0 unspecified atom stereocenters. The van der Waals surface area contributed by atoms with Gasteiger partial charge in [-0.05, 0) is 45.3 Å². The minimum Gasteiger partial charge on any atom is -0.317 e. The third-order valence-corrected chi connectivity index (χ3v) is 3.77. The average Bonchev–Trinajstić information content (AvgIpc) is 2.31. The molecule has 1 fully saturated rings. The Bertz CT molecular complexity index is 332. The van der Waals surface area contributed by atoms with Crippen LogP contribution in [0.1, 0.15) is 32.3 Å². The van der Waals surface area contributed by atoms with Gasteiger partial charge in [0.05, 0.1) is 0 Å². The Hall–Kier alpha value is -0.860. The Morgan fingerprint density at radius 2 is 1.94 bits per heavy atom. The quantitative estimate of drug-likeness (QED) is 0.843. The standard InChI is InChI=1S/C15H24N2/c1-15(2)9-11-16-10-6-12-17(15)13-14-7-4-3-5-8-14/h3-5,7-8,16H,6,9-13H2,1-2H3. The molecule has 1 N–H and O–H groups in total. The van der Waals surface area contributed by atoms with E-state index in [2.05, 4.69) is 54.4 Å². The van der Waals surface area contributed by atoms with Crippen LogP contribution in [-0.2, 0) is 6.54 Å². The molecule has 0 amide bonds. The third kappa shape index (κ3) is 3.55. The predicted molar refractivity (Wildman–Crippen MR) is 73.0 cm³/mol. The van der Waals surface area contributed by atoms with Crippen molar-refractivity contribution in [1.29, 1.82) is 0 Å². The van der Waals surface area contributed by atoms with Gasteiger partial charge >= 0.3 is 0 Å². The van der Waals surface area contributed by atoms with Crippen LogP contribution in [0.2, 0.25) is 0 Å². The second kappa shape index (κ2) is 5.65. The fraction of sp³-hybridized carbons (Fsp3) is 0.600. The Morgan fingerprint density at radius 3 is 2.71 bits per heavy atom. The van der Waals surface area contributed by atoms with E-state index >= 15 is 0 Å². The molecule has 0 saturated carbocycles. The van der Waals surface area contributed by atoms with E-state index in [1.54, 1.807) is 0 Å². The van der Waals surface area contributed by atoms with E-state index in [9.17, 15) is 0 Å². The van der Waals surface area contributed by atoms with E-state index in [-0.39, 0.29) is 0 Å². The van der Waals surface area contributed by atoms with Gasteiger partial charge in [-0.15, -0.1) is 0 Å². The van der Waals surface area contributed by atoms with Crippen molar-refractivity contribution in [3.8, 4) is 0 Å². The first-order valence-corrected chi connectivity index (χ1v) is 6.68. The number of hydrogen-bond donors (Lipinski definition) is 1. The summed E-state index contributed by atoms with van der Waals surface area (Å²) in [6, 6.07) is 10.8. The molecule has 94 valence electrons. The summed E-state index contributed by atoms with van der Waals surface area (Å²) in [7, 11) is 0. The smallest absolute Gasteiger partial charge is 0.0239 e. The fourth-order valence-corrected chi connectivity index (χ4v) is 2.47. The van der Waals surface area contributed by atoms with Crippen LogP contribution in [-0.4, -0.2) is 30.1 Å². The van der Waals surface area contributed by atoms with Crippen LogP contribution in [0.5, 0.6) is 0 Å². The van der Waals surface area contributed by atoms with Gasteiger partial charge in [-0.1, -0.05) is 30.3 Å². The molecule has 1 aromatic rings. The lowest BCUT2D eigenvalue weighted by Crippen LogP contribution is -2.48. The third-order valence-electron chi connectivity index (χ3n) is 3.77. The zero-order valence-corrected chi connectivity index (χ0v) is 11.1. The maximum atomic E-state index is 3.50. The molecule has 0 radical (unpaired) electrons. The summed E-state index contributed by atoms with van der Waals surface area (Å²) in [6.45, 7) is 9.29. The first-order valence-electron chi connectivity index (χ1n) is 6.68. The van der Waals surface area contributed by atoms with Gasteiger partial charge in [-0.25, -0.2) is 0 Å². The van der Waals surface area contributed by atoms with Gasteiger partial charge in [0, 0.05) is 18.6 Å². The molecule has 0 aromatic heterocycles. The summed E-state index contributed by atoms with van der Waals surface area (Å²) in [4.78, 5) is 2.63. The number of hydrogen-bond acceptors (Lipinski definition) is 2. The van der Waals surface area contributed by atoms with Crippen LogP contribution in [0.25, 0.3) is 0 Å². The van der Waals surface area contributed by atoms with Crippen molar-refractivity contribution in [1.82, 2.24) is 10.2 Å². The van der Waals surface area contributed by atoms with Crippen molar-refractivity contribution >= 4 is 0 Å². The van der Waals surface area contributed by atoms with Crippen LogP contribution in [0.3, 0.4) is 0 Å². The molecule has 0 spiro atoms. The highest BCUT2D eigenvalue weighted by atomic mass is 15.2. The summed E-state index contributed by atoms with van der Waals surface area (Å²) < 4.78 is 0. The van der Waals surface area contributed by atoms with E-state index < -0.39 is 0 Å². The van der Waals surface area contributed by atoms with Crippen LogP contribution >= 0.6 is 0 Å². The summed E-state index contributed by atoms with van der Waals surface area (Å²) >= 11 is 0. The fourth-order valence-electron chi connectivity index (χ4n) is 2.47. The molecule has 1 heterocycles. The Balaban J connectivity index is 2.05. The van der Waals surface area contributed by atoms with Crippen LogP contribution < -0.4 is 5.32 Å². The normalized spacial score (nSPS) is 21.8. The van der Waals surface area contributed by atoms with Crippen LogP contribution in [0.15, 0.2) is 30.3 Å². The van der Waals surface area contributed by atoms with Gasteiger partial charge in [0.2, 0.25) is 0 Å². The lowest BCUT2D eigenvalue weighted by Gasteiger charge is -2.40. The largest absolute Gasteiger partial charge is 0.317 e. The molecule has 17 heavy (non-hydrogen) atoms. The molecule has 2 nitrogen and oxygen atoms in total. The summed E-state index contributed by atoms with van der Waals surface area (Å²) in [5.74, 6) is 0. The molecule has 2 rings (SSSR count). The molecule has 0 aliphatic carbocycles.